The van der Waals surface area contributed by atoms with Gasteiger partial charge in [-0.05, 0) is 42.5 Å². The lowest BCUT2D eigenvalue weighted by molar-refractivity contribution is 1.10. The smallest absolute Gasteiger partial charge is 0.143 e. The fraction of sp³-hybridized carbons (Fsp3) is 0. The van der Waals surface area contributed by atoms with Gasteiger partial charge >= 0.3 is 0 Å². The van der Waals surface area contributed by atoms with E-state index in [1.54, 1.807) is 11.3 Å². The van der Waals surface area contributed by atoms with Gasteiger partial charge in [0.05, 0.1) is 54.9 Å². The van der Waals surface area contributed by atoms with Crippen molar-refractivity contribution in [2.24, 2.45) is 0 Å². The Morgan fingerprint density at radius 2 is 0.750 bits per heavy atom. The molecule has 0 saturated heterocycles. The van der Waals surface area contributed by atoms with E-state index in [2.05, 4.69) is 165 Å². The number of benzene rings is 7. The molecule has 0 fully saturated rings. The number of rotatable bonds is 3. The van der Waals surface area contributed by atoms with Crippen molar-refractivity contribution in [2.75, 3.05) is 0 Å². The van der Waals surface area contributed by atoms with Gasteiger partial charge in [-0.25, -0.2) is 4.98 Å². The molecule has 52 heavy (non-hydrogen) atoms. The molecule has 0 unspecified atom stereocenters. The summed E-state index contributed by atoms with van der Waals surface area (Å²) in [6.07, 6.45) is 3.64. The number of hydrogen-bond donors (Lipinski definition) is 0. The summed E-state index contributed by atoms with van der Waals surface area (Å²) in [6, 6.07) is 55.0. The van der Waals surface area contributed by atoms with Gasteiger partial charge in [-0.2, -0.15) is 0 Å². The van der Waals surface area contributed by atoms with Crippen molar-refractivity contribution in [1.29, 1.82) is 0 Å². The highest BCUT2D eigenvalue weighted by Crippen LogP contribution is 2.48. The summed E-state index contributed by atoms with van der Waals surface area (Å²) in [5.74, 6) is 0. The SMILES string of the molecule is c1ccc2c(c1)c1ccccc1n2-c1cc(-n2c3ccccc3c3ccccc32)c2sc3nccnc3c2c1-n1c2ccccc2c2ccccc21. The number of para-hydroxylation sites is 6. The van der Waals surface area contributed by atoms with E-state index in [4.69, 9.17) is 9.97 Å². The molecule has 0 aliphatic rings. The summed E-state index contributed by atoms with van der Waals surface area (Å²) >= 11 is 1.72. The molecule has 242 valence electrons. The van der Waals surface area contributed by atoms with Crippen molar-refractivity contribution >= 4 is 97.2 Å². The fourth-order valence-corrected chi connectivity index (χ4v) is 9.82. The Hall–Kier alpha value is -6.76. The van der Waals surface area contributed by atoms with Gasteiger partial charge in [0, 0.05) is 50.1 Å². The van der Waals surface area contributed by atoms with Gasteiger partial charge in [-0.1, -0.05) is 109 Å². The first-order valence-corrected chi connectivity index (χ1v) is 18.3. The molecule has 0 aliphatic heterocycles. The number of aromatic nitrogens is 5. The van der Waals surface area contributed by atoms with Crippen molar-refractivity contribution in [3.8, 4) is 17.1 Å². The summed E-state index contributed by atoms with van der Waals surface area (Å²) < 4.78 is 8.55. The molecule has 0 atom stereocenters. The largest absolute Gasteiger partial charge is 0.308 e. The zero-order chi connectivity index (χ0) is 33.9. The summed E-state index contributed by atoms with van der Waals surface area (Å²) in [6.45, 7) is 0. The summed E-state index contributed by atoms with van der Waals surface area (Å²) in [5, 5.41) is 8.44. The van der Waals surface area contributed by atoms with Crippen LogP contribution in [0, 0.1) is 0 Å². The molecule has 5 heterocycles. The maximum Gasteiger partial charge on any atom is 0.143 e. The molecule has 5 aromatic heterocycles. The third-order valence-corrected chi connectivity index (χ3v) is 11.9. The quantitative estimate of drug-likeness (QED) is 0.186. The first kappa shape index (κ1) is 28.0. The van der Waals surface area contributed by atoms with Crippen LogP contribution in [0.1, 0.15) is 0 Å². The van der Waals surface area contributed by atoms with Crippen LogP contribution in [0.4, 0.5) is 0 Å². The molecule has 0 radical (unpaired) electrons. The van der Waals surface area contributed by atoms with Crippen LogP contribution in [0.25, 0.3) is 103 Å². The molecule has 0 saturated carbocycles. The predicted octanol–water partition coefficient (Wildman–Crippen LogP) is 12.1. The minimum Gasteiger partial charge on any atom is -0.308 e. The number of hydrogen-bond acceptors (Lipinski definition) is 3. The van der Waals surface area contributed by atoms with Crippen LogP contribution in [0.2, 0.25) is 0 Å². The van der Waals surface area contributed by atoms with Crippen LogP contribution >= 0.6 is 11.3 Å². The second-order valence-electron chi connectivity index (χ2n) is 13.4. The van der Waals surface area contributed by atoms with E-state index < -0.39 is 0 Å². The van der Waals surface area contributed by atoms with E-state index in [0.29, 0.717) is 0 Å². The van der Waals surface area contributed by atoms with Crippen molar-refractivity contribution in [3.05, 3.63) is 164 Å². The van der Waals surface area contributed by atoms with Gasteiger partial charge in [0.2, 0.25) is 0 Å². The first-order valence-electron chi connectivity index (χ1n) is 17.5. The van der Waals surface area contributed by atoms with Crippen LogP contribution in [-0.2, 0) is 0 Å². The lowest BCUT2D eigenvalue weighted by Gasteiger charge is -2.21. The molecule has 6 heteroatoms. The second kappa shape index (κ2) is 10.4. The molecule has 0 aliphatic carbocycles. The third kappa shape index (κ3) is 3.61. The Bertz CT molecular complexity index is 3270. The molecular formula is C46H27N5S. The van der Waals surface area contributed by atoms with E-state index in [1.807, 2.05) is 12.4 Å². The average molecular weight is 682 g/mol. The Labute approximate surface area is 300 Å². The van der Waals surface area contributed by atoms with Crippen LogP contribution in [0.15, 0.2) is 164 Å². The monoisotopic (exact) mass is 681 g/mol. The van der Waals surface area contributed by atoms with E-state index in [9.17, 15) is 0 Å². The molecule has 7 aromatic carbocycles. The molecule has 0 N–H and O–H groups in total. The summed E-state index contributed by atoms with van der Waals surface area (Å²) in [5.41, 5.74) is 11.1. The average Bonchev–Trinajstić information content (AvgIpc) is 3.95. The normalized spacial score (nSPS) is 12.2. The Balaban J connectivity index is 1.39. The first-order chi connectivity index (χ1) is 25.8. The maximum absolute atomic E-state index is 5.11. The predicted molar refractivity (Wildman–Crippen MR) is 218 cm³/mol. The highest BCUT2D eigenvalue weighted by Gasteiger charge is 2.27. The third-order valence-electron chi connectivity index (χ3n) is 10.8. The van der Waals surface area contributed by atoms with Gasteiger partial charge in [-0.15, -0.1) is 11.3 Å². The van der Waals surface area contributed by atoms with Gasteiger partial charge in [0.25, 0.3) is 0 Å². The lowest BCUT2D eigenvalue weighted by atomic mass is 10.1. The summed E-state index contributed by atoms with van der Waals surface area (Å²) in [7, 11) is 0. The topological polar surface area (TPSA) is 40.6 Å². The lowest BCUT2D eigenvalue weighted by Crippen LogP contribution is -2.07. The summed E-state index contributed by atoms with van der Waals surface area (Å²) in [4.78, 5) is 11.0. The Morgan fingerprint density at radius 1 is 0.385 bits per heavy atom. The van der Waals surface area contributed by atoms with Crippen molar-refractivity contribution in [3.63, 3.8) is 0 Å². The van der Waals surface area contributed by atoms with Crippen molar-refractivity contribution in [1.82, 2.24) is 23.7 Å². The molecule has 0 amide bonds. The Kier molecular flexibility index (Phi) is 5.59. The van der Waals surface area contributed by atoms with Crippen LogP contribution in [-0.4, -0.2) is 23.7 Å². The van der Waals surface area contributed by atoms with Crippen LogP contribution in [0.5, 0.6) is 0 Å². The van der Waals surface area contributed by atoms with Gasteiger partial charge < -0.3 is 13.7 Å². The number of nitrogens with zero attached hydrogens (tertiary/aromatic N) is 5. The zero-order valence-corrected chi connectivity index (χ0v) is 28.5. The van der Waals surface area contributed by atoms with E-state index in [-0.39, 0.29) is 0 Å². The fourth-order valence-electron chi connectivity index (χ4n) is 8.71. The van der Waals surface area contributed by atoms with E-state index >= 15 is 0 Å². The van der Waals surface area contributed by atoms with Crippen LogP contribution in [0.3, 0.4) is 0 Å². The minimum absolute atomic E-state index is 0.906. The van der Waals surface area contributed by atoms with Crippen molar-refractivity contribution < 1.29 is 0 Å². The number of thiophene rings is 1. The van der Waals surface area contributed by atoms with Crippen LogP contribution < -0.4 is 0 Å². The standard InChI is InChI=1S/C46H27N5S/c1-7-19-34-28(13-1)29-14-2-8-20-35(29)49(34)40-27-41(50-36-21-9-3-15-30(36)31-16-4-10-22-37(31)50)45-42(43-46(52-45)48-26-25-47-43)44(40)51-38-23-11-5-17-32(38)33-18-6-12-24-39(33)51/h1-27H. The van der Waals surface area contributed by atoms with E-state index in [1.165, 1.54) is 43.4 Å². The molecule has 12 aromatic rings. The molecule has 12 rings (SSSR count). The minimum atomic E-state index is 0.906. The van der Waals surface area contributed by atoms with Gasteiger partial charge in [0.15, 0.2) is 0 Å². The highest BCUT2D eigenvalue weighted by atomic mass is 32.1. The molecule has 0 spiro atoms. The molecule has 0 bridgehead atoms. The second-order valence-corrected chi connectivity index (χ2v) is 14.4. The van der Waals surface area contributed by atoms with Gasteiger partial charge in [0.1, 0.15) is 10.3 Å². The highest BCUT2D eigenvalue weighted by molar-refractivity contribution is 7.26. The zero-order valence-electron chi connectivity index (χ0n) is 27.7. The van der Waals surface area contributed by atoms with Gasteiger partial charge in [-0.3, -0.25) is 4.98 Å². The molecular weight excluding hydrogens is 655 g/mol. The maximum atomic E-state index is 5.11. The number of fused-ring (bicyclic) bond motifs is 12. The molecule has 5 nitrogen and oxygen atoms in total. The van der Waals surface area contributed by atoms with E-state index in [0.717, 1.165) is 59.6 Å². The van der Waals surface area contributed by atoms with Crippen molar-refractivity contribution in [2.45, 2.75) is 0 Å². The Morgan fingerprint density at radius 3 is 1.19 bits per heavy atom.